The minimum atomic E-state index is -0.269. The predicted octanol–water partition coefficient (Wildman–Crippen LogP) is 3.85. The number of para-hydroxylation sites is 1. The maximum absolute atomic E-state index is 13.8. The first-order chi connectivity index (χ1) is 9.75. The first-order valence-electron chi connectivity index (χ1n) is 6.51. The van der Waals surface area contributed by atoms with Crippen LogP contribution >= 0.6 is 11.8 Å². The molecule has 0 saturated heterocycles. The Balaban J connectivity index is 1.98. The van der Waals surface area contributed by atoms with Crippen LogP contribution in [0.1, 0.15) is 12.0 Å². The molecule has 1 aliphatic rings. The number of carbonyl (C=O) groups excluding carboxylic acids is 1. The van der Waals surface area contributed by atoms with Crippen molar-refractivity contribution in [3.8, 4) is 0 Å². The molecule has 2 aromatic carbocycles. The number of hydrogen-bond acceptors (Lipinski definition) is 2. The highest BCUT2D eigenvalue weighted by atomic mass is 32.2. The molecule has 0 spiro atoms. The summed E-state index contributed by atoms with van der Waals surface area (Å²) in [6, 6.07) is 14.4. The van der Waals surface area contributed by atoms with Crippen molar-refractivity contribution in [3.05, 3.63) is 59.9 Å². The van der Waals surface area contributed by atoms with Crippen molar-refractivity contribution in [1.29, 1.82) is 0 Å². The Morgan fingerprint density at radius 1 is 1.10 bits per heavy atom. The molecule has 0 atom stereocenters. The maximum atomic E-state index is 13.8. The third-order valence-electron chi connectivity index (χ3n) is 3.32. The van der Waals surface area contributed by atoms with Gasteiger partial charge in [0.25, 0.3) is 0 Å². The molecule has 1 amide bonds. The van der Waals surface area contributed by atoms with Crippen LogP contribution in [-0.4, -0.2) is 11.7 Å². The molecule has 0 N–H and O–H groups in total. The van der Waals surface area contributed by atoms with Gasteiger partial charge in [-0.15, -0.1) is 11.8 Å². The molecule has 20 heavy (non-hydrogen) atoms. The molecule has 2 nitrogen and oxygen atoms in total. The van der Waals surface area contributed by atoms with Crippen LogP contribution in [0.4, 0.5) is 10.1 Å². The fourth-order valence-corrected chi connectivity index (χ4v) is 3.29. The van der Waals surface area contributed by atoms with Gasteiger partial charge >= 0.3 is 0 Å². The summed E-state index contributed by atoms with van der Waals surface area (Å²) in [5.74, 6) is 0.546. The second-order valence-corrected chi connectivity index (χ2v) is 5.77. The molecule has 0 aliphatic carbocycles. The van der Waals surface area contributed by atoms with Crippen molar-refractivity contribution in [2.24, 2.45) is 0 Å². The van der Waals surface area contributed by atoms with Gasteiger partial charge in [-0.05, 0) is 18.2 Å². The van der Waals surface area contributed by atoms with Crippen LogP contribution in [0.3, 0.4) is 0 Å². The van der Waals surface area contributed by atoms with E-state index in [0.717, 1.165) is 16.3 Å². The van der Waals surface area contributed by atoms with Gasteiger partial charge in [-0.25, -0.2) is 4.39 Å². The van der Waals surface area contributed by atoms with E-state index in [1.54, 1.807) is 34.9 Å². The highest BCUT2D eigenvalue weighted by molar-refractivity contribution is 7.99. The molecule has 1 aliphatic heterocycles. The molecule has 0 fully saturated rings. The molecule has 0 saturated carbocycles. The number of amides is 1. The van der Waals surface area contributed by atoms with E-state index < -0.39 is 0 Å². The van der Waals surface area contributed by atoms with Crippen LogP contribution in [-0.2, 0) is 11.3 Å². The standard InChI is InChI=1S/C16H14FNOS/c17-13-6-2-1-5-12(13)11-18-14-7-3-4-8-15(14)20-10-9-16(18)19/h1-8H,9-11H2. The number of benzene rings is 2. The summed E-state index contributed by atoms with van der Waals surface area (Å²) in [7, 11) is 0. The zero-order chi connectivity index (χ0) is 13.9. The van der Waals surface area contributed by atoms with Crippen LogP contribution in [0.15, 0.2) is 53.4 Å². The van der Waals surface area contributed by atoms with Crippen LogP contribution in [0.25, 0.3) is 0 Å². The third-order valence-corrected chi connectivity index (χ3v) is 4.38. The summed E-state index contributed by atoms with van der Waals surface area (Å²) in [5, 5.41) is 0. The smallest absolute Gasteiger partial charge is 0.228 e. The van der Waals surface area contributed by atoms with Crippen molar-refractivity contribution in [1.82, 2.24) is 0 Å². The molecular formula is C16H14FNOS. The Morgan fingerprint density at radius 3 is 2.70 bits per heavy atom. The van der Waals surface area contributed by atoms with Crippen LogP contribution < -0.4 is 4.90 Å². The molecule has 2 aromatic rings. The van der Waals surface area contributed by atoms with Gasteiger partial charge in [0.1, 0.15) is 5.82 Å². The van der Waals surface area contributed by atoms with Gasteiger partial charge in [-0.2, -0.15) is 0 Å². The Kier molecular flexibility index (Phi) is 3.74. The lowest BCUT2D eigenvalue weighted by Crippen LogP contribution is -2.30. The second kappa shape index (κ2) is 5.67. The normalized spacial score (nSPS) is 14.8. The van der Waals surface area contributed by atoms with E-state index >= 15 is 0 Å². The highest BCUT2D eigenvalue weighted by Crippen LogP contribution is 2.34. The monoisotopic (exact) mass is 287 g/mol. The Hall–Kier alpha value is -1.81. The Labute approximate surface area is 121 Å². The van der Waals surface area contributed by atoms with Gasteiger partial charge in [0.05, 0.1) is 12.2 Å². The van der Waals surface area contributed by atoms with E-state index in [1.807, 2.05) is 24.3 Å². The molecule has 4 heteroatoms. The van der Waals surface area contributed by atoms with Gasteiger partial charge in [0.15, 0.2) is 0 Å². The second-order valence-electron chi connectivity index (χ2n) is 4.64. The van der Waals surface area contributed by atoms with E-state index in [0.29, 0.717) is 12.0 Å². The van der Waals surface area contributed by atoms with Gasteiger partial charge < -0.3 is 4.90 Å². The Morgan fingerprint density at radius 2 is 1.85 bits per heavy atom. The van der Waals surface area contributed by atoms with Gasteiger partial charge in [-0.3, -0.25) is 4.79 Å². The minimum absolute atomic E-state index is 0.0469. The number of halogens is 1. The average Bonchev–Trinajstić information content (AvgIpc) is 2.61. The SMILES string of the molecule is O=C1CCSc2ccccc2N1Cc1ccccc1F. The summed E-state index contributed by atoms with van der Waals surface area (Å²) >= 11 is 1.68. The van der Waals surface area contributed by atoms with E-state index in [-0.39, 0.29) is 18.3 Å². The zero-order valence-electron chi connectivity index (χ0n) is 10.9. The number of thioether (sulfide) groups is 1. The van der Waals surface area contributed by atoms with Crippen molar-refractivity contribution >= 4 is 23.4 Å². The van der Waals surface area contributed by atoms with Gasteiger partial charge in [-0.1, -0.05) is 30.3 Å². The number of fused-ring (bicyclic) bond motifs is 1. The van der Waals surface area contributed by atoms with E-state index in [9.17, 15) is 9.18 Å². The molecule has 0 bridgehead atoms. The summed E-state index contributed by atoms with van der Waals surface area (Å²) in [5.41, 5.74) is 1.42. The van der Waals surface area contributed by atoms with Crippen molar-refractivity contribution in [2.75, 3.05) is 10.7 Å². The lowest BCUT2D eigenvalue weighted by Gasteiger charge is -2.23. The van der Waals surface area contributed by atoms with Gasteiger partial charge in [0, 0.05) is 22.6 Å². The van der Waals surface area contributed by atoms with E-state index in [1.165, 1.54) is 6.07 Å². The predicted molar refractivity (Wildman–Crippen MR) is 79.4 cm³/mol. The zero-order valence-corrected chi connectivity index (χ0v) is 11.7. The van der Waals surface area contributed by atoms with Crippen LogP contribution in [0.5, 0.6) is 0 Å². The largest absolute Gasteiger partial charge is 0.307 e. The number of hydrogen-bond donors (Lipinski definition) is 0. The van der Waals surface area contributed by atoms with E-state index in [4.69, 9.17) is 0 Å². The molecule has 0 unspecified atom stereocenters. The number of carbonyl (C=O) groups is 1. The number of rotatable bonds is 2. The Bertz CT molecular complexity index is 644. The summed E-state index contributed by atoms with van der Waals surface area (Å²) in [6.45, 7) is 0.281. The minimum Gasteiger partial charge on any atom is -0.307 e. The number of anilines is 1. The molecule has 0 radical (unpaired) electrons. The summed E-state index contributed by atoms with van der Waals surface area (Å²) in [6.07, 6.45) is 0.480. The maximum Gasteiger partial charge on any atom is 0.228 e. The molecular weight excluding hydrogens is 273 g/mol. The van der Waals surface area contributed by atoms with Crippen molar-refractivity contribution in [3.63, 3.8) is 0 Å². The number of nitrogens with zero attached hydrogens (tertiary/aromatic N) is 1. The van der Waals surface area contributed by atoms with E-state index in [2.05, 4.69) is 0 Å². The lowest BCUT2D eigenvalue weighted by atomic mass is 10.1. The quantitative estimate of drug-likeness (QED) is 0.836. The summed E-state index contributed by atoms with van der Waals surface area (Å²) < 4.78 is 13.8. The first-order valence-corrected chi connectivity index (χ1v) is 7.50. The average molecular weight is 287 g/mol. The molecule has 3 rings (SSSR count). The first kappa shape index (κ1) is 13.2. The fourth-order valence-electron chi connectivity index (χ4n) is 2.29. The lowest BCUT2D eigenvalue weighted by molar-refractivity contribution is -0.118. The molecule has 0 aromatic heterocycles. The third kappa shape index (κ3) is 2.56. The van der Waals surface area contributed by atoms with Crippen molar-refractivity contribution in [2.45, 2.75) is 17.9 Å². The molecule has 102 valence electrons. The topological polar surface area (TPSA) is 20.3 Å². The van der Waals surface area contributed by atoms with Crippen LogP contribution in [0.2, 0.25) is 0 Å². The summed E-state index contributed by atoms with van der Waals surface area (Å²) in [4.78, 5) is 15.0. The van der Waals surface area contributed by atoms with Crippen LogP contribution in [0, 0.1) is 5.82 Å². The van der Waals surface area contributed by atoms with Crippen molar-refractivity contribution < 1.29 is 9.18 Å². The molecule has 1 heterocycles. The fraction of sp³-hybridized carbons (Fsp3) is 0.188. The highest BCUT2D eigenvalue weighted by Gasteiger charge is 2.23. The van der Waals surface area contributed by atoms with Gasteiger partial charge in [0.2, 0.25) is 5.91 Å².